The summed E-state index contributed by atoms with van der Waals surface area (Å²) >= 11 is 0. The van der Waals surface area contributed by atoms with Crippen LogP contribution in [0.25, 0.3) is 0 Å². The molecule has 0 N–H and O–H groups in total. The van der Waals surface area contributed by atoms with Gasteiger partial charge in [-0.2, -0.15) is 0 Å². The van der Waals surface area contributed by atoms with Gasteiger partial charge in [-0.15, -0.1) is 0 Å². The summed E-state index contributed by atoms with van der Waals surface area (Å²) in [5.74, 6) is 0.677. The summed E-state index contributed by atoms with van der Waals surface area (Å²) in [7, 11) is 0. The molecular formula is C15H22O2. The molecule has 1 fully saturated rings. The van der Waals surface area contributed by atoms with E-state index in [1.807, 2.05) is 18.2 Å². The van der Waals surface area contributed by atoms with Crippen molar-refractivity contribution in [2.45, 2.75) is 26.9 Å². The maximum absolute atomic E-state index is 5.75. The van der Waals surface area contributed by atoms with Gasteiger partial charge in [0.2, 0.25) is 0 Å². The molecule has 2 nitrogen and oxygen atoms in total. The topological polar surface area (TPSA) is 18.5 Å². The predicted molar refractivity (Wildman–Crippen MR) is 68.8 cm³/mol. The SMILES string of the molecule is CC(C)C1(CCOCc2ccccc2)COC1. The van der Waals surface area contributed by atoms with Crippen molar-refractivity contribution in [3.8, 4) is 0 Å². The van der Waals surface area contributed by atoms with Gasteiger partial charge in [0.05, 0.1) is 19.8 Å². The fourth-order valence-electron chi connectivity index (χ4n) is 2.17. The normalized spacial score (nSPS) is 18.1. The molecule has 0 aromatic heterocycles. The van der Waals surface area contributed by atoms with Crippen molar-refractivity contribution in [2.75, 3.05) is 19.8 Å². The van der Waals surface area contributed by atoms with Crippen LogP contribution in [0.3, 0.4) is 0 Å². The van der Waals surface area contributed by atoms with Gasteiger partial charge in [-0.3, -0.25) is 0 Å². The van der Waals surface area contributed by atoms with Crippen LogP contribution in [-0.2, 0) is 16.1 Å². The van der Waals surface area contributed by atoms with Crippen molar-refractivity contribution < 1.29 is 9.47 Å². The molecule has 0 aliphatic carbocycles. The third-order valence-electron chi connectivity index (χ3n) is 3.86. The minimum atomic E-state index is 0.372. The van der Waals surface area contributed by atoms with E-state index in [4.69, 9.17) is 9.47 Å². The molecule has 1 aromatic rings. The zero-order valence-electron chi connectivity index (χ0n) is 10.8. The third kappa shape index (κ3) is 3.08. The first-order valence-corrected chi connectivity index (χ1v) is 6.42. The molecule has 0 saturated carbocycles. The van der Waals surface area contributed by atoms with Crippen LogP contribution in [0, 0.1) is 11.3 Å². The summed E-state index contributed by atoms with van der Waals surface area (Å²) in [4.78, 5) is 0. The largest absolute Gasteiger partial charge is 0.380 e. The van der Waals surface area contributed by atoms with Gasteiger partial charge in [-0.05, 0) is 17.9 Å². The number of ether oxygens (including phenoxy) is 2. The van der Waals surface area contributed by atoms with E-state index < -0.39 is 0 Å². The van der Waals surface area contributed by atoms with Crippen LogP contribution in [0.2, 0.25) is 0 Å². The highest BCUT2D eigenvalue weighted by atomic mass is 16.5. The standard InChI is InChI=1S/C15H22O2/c1-13(2)15(11-17-12-15)8-9-16-10-14-6-4-3-5-7-14/h3-7,13H,8-12H2,1-2H3. The Morgan fingerprint density at radius 2 is 1.94 bits per heavy atom. The molecule has 2 rings (SSSR count). The lowest BCUT2D eigenvalue weighted by Crippen LogP contribution is -2.47. The van der Waals surface area contributed by atoms with Gasteiger partial charge in [0.1, 0.15) is 0 Å². The molecule has 0 bridgehead atoms. The Hall–Kier alpha value is -0.860. The second kappa shape index (κ2) is 5.65. The van der Waals surface area contributed by atoms with Crippen molar-refractivity contribution >= 4 is 0 Å². The van der Waals surface area contributed by atoms with Crippen LogP contribution in [-0.4, -0.2) is 19.8 Å². The first-order valence-electron chi connectivity index (χ1n) is 6.42. The minimum absolute atomic E-state index is 0.372. The summed E-state index contributed by atoms with van der Waals surface area (Å²) in [5, 5.41) is 0. The molecule has 17 heavy (non-hydrogen) atoms. The lowest BCUT2D eigenvalue weighted by Gasteiger charge is -2.45. The maximum Gasteiger partial charge on any atom is 0.0716 e. The van der Waals surface area contributed by atoms with E-state index in [2.05, 4.69) is 26.0 Å². The van der Waals surface area contributed by atoms with Gasteiger partial charge in [0.25, 0.3) is 0 Å². The Balaban J connectivity index is 1.69. The Kier molecular flexibility index (Phi) is 4.19. The molecule has 0 atom stereocenters. The van der Waals surface area contributed by atoms with Gasteiger partial charge in [-0.1, -0.05) is 44.2 Å². The Morgan fingerprint density at radius 1 is 1.24 bits per heavy atom. The molecule has 2 heteroatoms. The molecule has 94 valence electrons. The fraction of sp³-hybridized carbons (Fsp3) is 0.600. The quantitative estimate of drug-likeness (QED) is 0.703. The van der Waals surface area contributed by atoms with Gasteiger partial charge in [-0.25, -0.2) is 0 Å². The van der Waals surface area contributed by atoms with E-state index >= 15 is 0 Å². The maximum atomic E-state index is 5.75. The van der Waals surface area contributed by atoms with Crippen LogP contribution >= 0.6 is 0 Å². The fourth-order valence-corrected chi connectivity index (χ4v) is 2.17. The van der Waals surface area contributed by atoms with E-state index in [9.17, 15) is 0 Å². The summed E-state index contributed by atoms with van der Waals surface area (Å²) < 4.78 is 11.1. The molecular weight excluding hydrogens is 212 g/mol. The molecule has 0 radical (unpaired) electrons. The Morgan fingerprint density at radius 3 is 2.47 bits per heavy atom. The smallest absolute Gasteiger partial charge is 0.0716 e. The number of hydrogen-bond acceptors (Lipinski definition) is 2. The number of rotatable bonds is 6. The summed E-state index contributed by atoms with van der Waals surface area (Å²) in [5.41, 5.74) is 1.62. The van der Waals surface area contributed by atoms with Crippen molar-refractivity contribution in [3.05, 3.63) is 35.9 Å². The van der Waals surface area contributed by atoms with Crippen molar-refractivity contribution in [3.63, 3.8) is 0 Å². The molecule has 0 amide bonds. The highest BCUT2D eigenvalue weighted by molar-refractivity contribution is 5.13. The Bertz CT molecular complexity index is 328. The summed E-state index contributed by atoms with van der Waals surface area (Å²) in [6.07, 6.45) is 1.11. The lowest BCUT2D eigenvalue weighted by molar-refractivity contribution is -0.151. The van der Waals surface area contributed by atoms with Crippen LogP contribution in [0.5, 0.6) is 0 Å². The van der Waals surface area contributed by atoms with Crippen LogP contribution in [0.15, 0.2) is 30.3 Å². The average molecular weight is 234 g/mol. The summed E-state index contributed by atoms with van der Waals surface area (Å²) in [6, 6.07) is 10.3. The van der Waals surface area contributed by atoms with Gasteiger partial charge in [0, 0.05) is 12.0 Å². The monoisotopic (exact) mass is 234 g/mol. The van der Waals surface area contributed by atoms with Gasteiger partial charge < -0.3 is 9.47 Å². The third-order valence-corrected chi connectivity index (χ3v) is 3.86. The molecule has 0 spiro atoms. The molecule has 1 saturated heterocycles. The Labute approximate surface area is 104 Å². The van der Waals surface area contributed by atoms with Crippen LogP contribution in [0.1, 0.15) is 25.8 Å². The van der Waals surface area contributed by atoms with Crippen LogP contribution < -0.4 is 0 Å². The van der Waals surface area contributed by atoms with Gasteiger partial charge >= 0.3 is 0 Å². The average Bonchev–Trinajstić information content (AvgIpc) is 2.27. The zero-order valence-corrected chi connectivity index (χ0v) is 10.8. The lowest BCUT2D eigenvalue weighted by atomic mass is 9.73. The second-order valence-corrected chi connectivity index (χ2v) is 5.30. The highest BCUT2D eigenvalue weighted by Gasteiger charge is 2.40. The van der Waals surface area contributed by atoms with Crippen molar-refractivity contribution in [1.29, 1.82) is 0 Å². The second-order valence-electron chi connectivity index (χ2n) is 5.30. The minimum Gasteiger partial charge on any atom is -0.380 e. The molecule has 1 aromatic carbocycles. The molecule has 0 unspecified atom stereocenters. The first-order chi connectivity index (χ1) is 8.23. The molecule has 1 heterocycles. The molecule has 1 aliphatic heterocycles. The molecule has 1 aliphatic rings. The van der Waals surface area contributed by atoms with Crippen molar-refractivity contribution in [2.24, 2.45) is 11.3 Å². The highest BCUT2D eigenvalue weighted by Crippen LogP contribution is 2.38. The van der Waals surface area contributed by atoms with Gasteiger partial charge in [0.15, 0.2) is 0 Å². The first kappa shape index (κ1) is 12.6. The van der Waals surface area contributed by atoms with E-state index in [-0.39, 0.29) is 0 Å². The van der Waals surface area contributed by atoms with E-state index in [0.717, 1.165) is 32.8 Å². The van der Waals surface area contributed by atoms with E-state index in [0.29, 0.717) is 11.3 Å². The summed E-state index contributed by atoms with van der Waals surface area (Å²) in [6.45, 7) is 7.91. The van der Waals surface area contributed by atoms with Crippen molar-refractivity contribution in [1.82, 2.24) is 0 Å². The number of benzene rings is 1. The van der Waals surface area contributed by atoms with E-state index in [1.165, 1.54) is 5.56 Å². The van der Waals surface area contributed by atoms with E-state index in [1.54, 1.807) is 0 Å². The van der Waals surface area contributed by atoms with Crippen LogP contribution in [0.4, 0.5) is 0 Å². The predicted octanol–water partition coefficient (Wildman–Crippen LogP) is 3.27. The zero-order chi connectivity index (χ0) is 12.1. The number of hydrogen-bond donors (Lipinski definition) is 0.